The Morgan fingerprint density at radius 1 is 1.14 bits per heavy atom. The lowest BCUT2D eigenvalue weighted by molar-refractivity contribution is 0.105. The highest BCUT2D eigenvalue weighted by atomic mass is 32.2. The van der Waals surface area contributed by atoms with E-state index >= 15 is 0 Å². The SMILES string of the molecule is CS(=O)(=O)Nc1ccc(OCC(O)CNCCOc2ccc(O)c(C#N)c2)cc1. The smallest absolute Gasteiger partial charge is 0.229 e. The fraction of sp³-hybridized carbons (Fsp3) is 0.316. The fourth-order valence-electron chi connectivity index (χ4n) is 2.29. The second kappa shape index (κ2) is 10.5. The van der Waals surface area contributed by atoms with Gasteiger partial charge in [0.15, 0.2) is 0 Å². The maximum atomic E-state index is 11.2. The van der Waals surface area contributed by atoms with Gasteiger partial charge in [-0.3, -0.25) is 4.72 Å². The van der Waals surface area contributed by atoms with E-state index in [1.165, 1.54) is 12.1 Å². The normalized spacial score (nSPS) is 12.0. The summed E-state index contributed by atoms with van der Waals surface area (Å²) in [5.41, 5.74) is 0.570. The summed E-state index contributed by atoms with van der Waals surface area (Å²) in [5.74, 6) is 0.883. The summed E-state index contributed by atoms with van der Waals surface area (Å²) in [6, 6.07) is 12.6. The molecule has 0 aliphatic rings. The summed E-state index contributed by atoms with van der Waals surface area (Å²) >= 11 is 0. The third-order valence-corrected chi connectivity index (χ3v) is 4.22. The molecule has 9 nitrogen and oxygen atoms in total. The average molecular weight is 421 g/mol. The van der Waals surface area contributed by atoms with Crippen molar-refractivity contribution in [1.29, 1.82) is 5.26 Å². The van der Waals surface area contributed by atoms with Gasteiger partial charge in [0.25, 0.3) is 0 Å². The summed E-state index contributed by atoms with van der Waals surface area (Å²) in [6.07, 6.45) is 0.322. The largest absolute Gasteiger partial charge is 0.507 e. The Bertz CT molecular complexity index is 941. The molecule has 2 aromatic rings. The number of nitrogens with zero attached hydrogens (tertiary/aromatic N) is 1. The van der Waals surface area contributed by atoms with Crippen LogP contribution in [0.15, 0.2) is 42.5 Å². The topological polar surface area (TPSA) is 141 Å². The molecule has 0 aromatic heterocycles. The van der Waals surface area contributed by atoms with Crippen molar-refractivity contribution in [2.24, 2.45) is 0 Å². The summed E-state index contributed by atoms with van der Waals surface area (Å²) in [5, 5.41) is 31.3. The first-order valence-electron chi connectivity index (χ1n) is 8.72. The van der Waals surface area contributed by atoms with E-state index in [9.17, 15) is 18.6 Å². The van der Waals surface area contributed by atoms with Gasteiger partial charge in [0.2, 0.25) is 10.0 Å². The molecule has 29 heavy (non-hydrogen) atoms. The van der Waals surface area contributed by atoms with Crippen LogP contribution in [0.2, 0.25) is 0 Å². The van der Waals surface area contributed by atoms with Crippen LogP contribution in [0.3, 0.4) is 0 Å². The average Bonchev–Trinajstić information content (AvgIpc) is 2.67. The minimum absolute atomic E-state index is 0.0657. The first-order valence-corrected chi connectivity index (χ1v) is 10.6. The van der Waals surface area contributed by atoms with Crippen molar-refractivity contribution >= 4 is 15.7 Å². The van der Waals surface area contributed by atoms with E-state index < -0.39 is 16.1 Å². The number of nitriles is 1. The Morgan fingerprint density at radius 3 is 2.48 bits per heavy atom. The Hall–Kier alpha value is -3.00. The minimum atomic E-state index is -3.33. The molecule has 0 amide bonds. The fourth-order valence-corrected chi connectivity index (χ4v) is 2.85. The molecule has 2 rings (SSSR count). The lowest BCUT2D eigenvalue weighted by Crippen LogP contribution is -2.33. The van der Waals surface area contributed by atoms with Crippen LogP contribution < -0.4 is 19.5 Å². The summed E-state index contributed by atoms with van der Waals surface area (Å²) in [4.78, 5) is 0. The van der Waals surface area contributed by atoms with Gasteiger partial charge in [-0.1, -0.05) is 0 Å². The first kappa shape index (κ1) is 22.3. The van der Waals surface area contributed by atoms with Crippen LogP contribution in [0.25, 0.3) is 0 Å². The predicted octanol–water partition coefficient (Wildman–Crippen LogP) is 1.04. The van der Waals surface area contributed by atoms with Crippen LogP contribution in [-0.2, 0) is 10.0 Å². The second-order valence-electron chi connectivity index (χ2n) is 6.21. The number of benzene rings is 2. The van der Waals surface area contributed by atoms with Gasteiger partial charge in [0.1, 0.15) is 42.6 Å². The van der Waals surface area contributed by atoms with Gasteiger partial charge >= 0.3 is 0 Å². The maximum Gasteiger partial charge on any atom is 0.229 e. The molecule has 4 N–H and O–H groups in total. The van der Waals surface area contributed by atoms with Crippen LogP contribution in [-0.4, -0.2) is 57.3 Å². The molecule has 0 heterocycles. The van der Waals surface area contributed by atoms with Crippen LogP contribution in [0, 0.1) is 11.3 Å². The molecule has 156 valence electrons. The second-order valence-corrected chi connectivity index (χ2v) is 7.96. The molecule has 0 saturated heterocycles. The molecule has 0 bridgehead atoms. The van der Waals surface area contributed by atoms with Crippen LogP contribution >= 0.6 is 0 Å². The van der Waals surface area contributed by atoms with E-state index in [2.05, 4.69) is 10.0 Å². The highest BCUT2D eigenvalue weighted by Gasteiger charge is 2.07. The first-order chi connectivity index (χ1) is 13.8. The minimum Gasteiger partial charge on any atom is -0.507 e. The number of nitrogens with one attached hydrogen (secondary N) is 2. The number of aliphatic hydroxyl groups excluding tert-OH is 1. The van der Waals surface area contributed by atoms with E-state index in [1.54, 1.807) is 30.3 Å². The van der Waals surface area contributed by atoms with Gasteiger partial charge < -0.3 is 25.0 Å². The highest BCUT2D eigenvalue weighted by Crippen LogP contribution is 2.21. The monoisotopic (exact) mass is 421 g/mol. The Labute approximate surface area is 169 Å². The Morgan fingerprint density at radius 2 is 1.83 bits per heavy atom. The molecule has 1 atom stereocenters. The van der Waals surface area contributed by atoms with E-state index in [1.807, 2.05) is 6.07 Å². The molecule has 0 saturated carbocycles. The lowest BCUT2D eigenvalue weighted by Gasteiger charge is -2.14. The number of hydrogen-bond acceptors (Lipinski definition) is 8. The van der Waals surface area contributed by atoms with Crippen LogP contribution in [0.5, 0.6) is 17.2 Å². The van der Waals surface area contributed by atoms with Gasteiger partial charge in [-0.25, -0.2) is 8.42 Å². The molecule has 0 aliphatic heterocycles. The van der Waals surface area contributed by atoms with Gasteiger partial charge in [-0.2, -0.15) is 5.26 Å². The third-order valence-electron chi connectivity index (χ3n) is 3.62. The summed E-state index contributed by atoms with van der Waals surface area (Å²) < 4.78 is 35.6. The van der Waals surface area contributed by atoms with Crippen molar-refractivity contribution in [3.8, 4) is 23.3 Å². The quantitative estimate of drug-likeness (QED) is 0.395. The van der Waals surface area contributed by atoms with Crippen LogP contribution in [0.1, 0.15) is 5.56 Å². The number of aliphatic hydroxyl groups is 1. The zero-order valence-electron chi connectivity index (χ0n) is 15.8. The van der Waals surface area contributed by atoms with Crippen molar-refractivity contribution in [2.45, 2.75) is 6.10 Å². The number of anilines is 1. The Kier molecular flexibility index (Phi) is 8.09. The standard InChI is InChI=1S/C19H23N3O6S/c1-29(25,26)22-15-2-4-17(5-3-15)28-13-16(23)12-21-8-9-27-18-6-7-19(24)14(10-18)11-20/h2-7,10,16,21-24H,8-9,12-13H2,1H3. The third kappa shape index (κ3) is 8.27. The van der Waals surface area contributed by atoms with Crippen LogP contribution in [0.4, 0.5) is 5.69 Å². The number of rotatable bonds is 11. The predicted molar refractivity (Wildman–Crippen MR) is 108 cm³/mol. The molecule has 1 unspecified atom stereocenters. The van der Waals surface area contributed by atoms with Crippen molar-refractivity contribution < 1.29 is 28.1 Å². The number of hydrogen-bond donors (Lipinski definition) is 4. The van der Waals surface area contributed by atoms with Gasteiger partial charge in [-0.05, 0) is 36.4 Å². The molecule has 0 aliphatic carbocycles. The summed E-state index contributed by atoms with van der Waals surface area (Å²) in [6.45, 7) is 1.13. The molecule has 10 heteroatoms. The van der Waals surface area contributed by atoms with Crippen molar-refractivity contribution in [2.75, 3.05) is 37.3 Å². The van der Waals surface area contributed by atoms with Gasteiger partial charge in [0.05, 0.1) is 11.8 Å². The zero-order valence-corrected chi connectivity index (χ0v) is 16.6. The number of aromatic hydroxyl groups is 1. The molecule has 2 aromatic carbocycles. The van der Waals surface area contributed by atoms with Gasteiger partial charge in [-0.15, -0.1) is 0 Å². The molecular weight excluding hydrogens is 398 g/mol. The van der Waals surface area contributed by atoms with E-state index in [0.717, 1.165) is 6.26 Å². The number of ether oxygens (including phenoxy) is 2. The van der Waals surface area contributed by atoms with Gasteiger partial charge in [0, 0.05) is 24.8 Å². The molecule has 0 radical (unpaired) electrons. The highest BCUT2D eigenvalue weighted by molar-refractivity contribution is 7.92. The lowest BCUT2D eigenvalue weighted by atomic mass is 10.2. The number of phenolic OH excluding ortho intramolecular Hbond substituents is 1. The molecule has 0 spiro atoms. The van der Waals surface area contributed by atoms with E-state index in [0.29, 0.717) is 30.3 Å². The van der Waals surface area contributed by atoms with Crippen molar-refractivity contribution in [3.05, 3.63) is 48.0 Å². The number of sulfonamides is 1. The van der Waals surface area contributed by atoms with E-state index in [4.69, 9.17) is 14.7 Å². The molecule has 0 fully saturated rings. The maximum absolute atomic E-state index is 11.2. The number of phenols is 1. The van der Waals surface area contributed by atoms with E-state index in [-0.39, 0.29) is 24.5 Å². The Balaban J connectivity index is 1.63. The summed E-state index contributed by atoms with van der Waals surface area (Å²) in [7, 11) is -3.33. The van der Waals surface area contributed by atoms with Crippen molar-refractivity contribution in [3.63, 3.8) is 0 Å². The zero-order chi connectivity index (χ0) is 21.3. The molecular formula is C19H23N3O6S. The van der Waals surface area contributed by atoms with Crippen molar-refractivity contribution in [1.82, 2.24) is 5.32 Å².